The first kappa shape index (κ1) is 12.0. The summed E-state index contributed by atoms with van der Waals surface area (Å²) in [5.74, 6) is 1.02. The summed E-state index contributed by atoms with van der Waals surface area (Å²) in [6.07, 6.45) is 0. The van der Waals surface area contributed by atoms with Gasteiger partial charge in [0.2, 0.25) is 0 Å². The van der Waals surface area contributed by atoms with Crippen molar-refractivity contribution in [2.75, 3.05) is 19.1 Å². The number of hydrogen-bond donors (Lipinski definition) is 0. The van der Waals surface area contributed by atoms with Gasteiger partial charge in [-0.3, -0.25) is 4.79 Å². The van der Waals surface area contributed by atoms with Crippen LogP contribution in [0.3, 0.4) is 0 Å². The van der Waals surface area contributed by atoms with Crippen LogP contribution in [0, 0.1) is 0 Å². The van der Waals surface area contributed by atoms with Gasteiger partial charge in [-0.1, -0.05) is 11.6 Å². The van der Waals surface area contributed by atoms with Crippen molar-refractivity contribution in [3.05, 3.63) is 17.2 Å². The summed E-state index contributed by atoms with van der Waals surface area (Å²) in [6.45, 7) is 3.46. The van der Waals surface area contributed by atoms with Crippen LogP contribution in [0.1, 0.15) is 13.8 Å². The van der Waals surface area contributed by atoms with Crippen LogP contribution < -0.4 is 14.4 Å². The molecule has 1 aliphatic rings. The zero-order chi connectivity index (χ0) is 12.8. The molecular weight excluding hydrogens is 242 g/mol. The van der Waals surface area contributed by atoms with Crippen LogP contribution in [0.5, 0.6) is 11.5 Å². The highest BCUT2D eigenvalue weighted by molar-refractivity contribution is 6.32. The largest absolute Gasteiger partial charge is 0.495 e. The van der Waals surface area contributed by atoms with Crippen molar-refractivity contribution in [1.29, 1.82) is 0 Å². The number of carbonyl (C=O) groups excluding carboxylic acids is 1. The number of benzene rings is 1. The van der Waals surface area contributed by atoms with Crippen LogP contribution >= 0.6 is 11.6 Å². The van der Waals surface area contributed by atoms with Gasteiger partial charge in [-0.15, -0.1) is 0 Å². The van der Waals surface area contributed by atoms with Gasteiger partial charge in [-0.2, -0.15) is 0 Å². The van der Waals surface area contributed by atoms with Gasteiger partial charge in [0.15, 0.2) is 5.60 Å². The van der Waals surface area contributed by atoms with Gasteiger partial charge < -0.3 is 14.4 Å². The number of nitrogens with zero attached hydrogens (tertiary/aromatic N) is 1. The standard InChI is InChI=1S/C12H14ClNO3/c1-12(2)11(15)14(3)8-5-7(13)9(16-4)6-10(8)17-12/h5-6H,1-4H3. The first-order valence-corrected chi connectivity index (χ1v) is 5.59. The molecule has 1 amide bonds. The van der Waals surface area contributed by atoms with E-state index in [0.717, 1.165) is 0 Å². The summed E-state index contributed by atoms with van der Waals surface area (Å²) in [4.78, 5) is 13.5. The Morgan fingerprint density at radius 3 is 2.65 bits per heavy atom. The van der Waals surface area contributed by atoms with Crippen molar-refractivity contribution in [2.24, 2.45) is 0 Å². The Balaban J connectivity index is 2.57. The van der Waals surface area contributed by atoms with Crippen molar-refractivity contribution in [3.63, 3.8) is 0 Å². The molecule has 17 heavy (non-hydrogen) atoms. The van der Waals surface area contributed by atoms with Crippen molar-refractivity contribution < 1.29 is 14.3 Å². The highest BCUT2D eigenvalue weighted by Gasteiger charge is 2.39. The number of amides is 1. The van der Waals surface area contributed by atoms with E-state index in [1.54, 1.807) is 37.9 Å². The molecule has 1 aromatic carbocycles. The Labute approximate surface area is 105 Å². The third-order valence-electron chi connectivity index (χ3n) is 2.78. The lowest BCUT2D eigenvalue weighted by molar-refractivity contribution is -0.132. The predicted molar refractivity (Wildman–Crippen MR) is 66.1 cm³/mol. The van der Waals surface area contributed by atoms with Gasteiger partial charge in [0.1, 0.15) is 11.5 Å². The van der Waals surface area contributed by atoms with Crippen molar-refractivity contribution in [2.45, 2.75) is 19.4 Å². The maximum atomic E-state index is 12.0. The highest BCUT2D eigenvalue weighted by atomic mass is 35.5. The maximum absolute atomic E-state index is 12.0. The molecule has 92 valence electrons. The number of halogens is 1. The molecule has 1 aliphatic heterocycles. The van der Waals surface area contributed by atoms with Gasteiger partial charge in [-0.25, -0.2) is 0 Å². The van der Waals surface area contributed by atoms with Crippen LogP contribution in [-0.2, 0) is 4.79 Å². The van der Waals surface area contributed by atoms with E-state index in [1.807, 2.05) is 0 Å². The van der Waals surface area contributed by atoms with Gasteiger partial charge in [-0.05, 0) is 19.9 Å². The third-order valence-corrected chi connectivity index (χ3v) is 3.07. The van der Waals surface area contributed by atoms with E-state index in [1.165, 1.54) is 7.11 Å². The fraction of sp³-hybridized carbons (Fsp3) is 0.417. The van der Waals surface area contributed by atoms with Crippen molar-refractivity contribution in [3.8, 4) is 11.5 Å². The molecule has 0 bridgehead atoms. The average Bonchev–Trinajstić information content (AvgIpc) is 2.27. The first-order valence-electron chi connectivity index (χ1n) is 5.21. The Bertz CT molecular complexity index is 485. The number of ether oxygens (including phenoxy) is 2. The Morgan fingerprint density at radius 1 is 1.41 bits per heavy atom. The van der Waals surface area contributed by atoms with Gasteiger partial charge >= 0.3 is 0 Å². The average molecular weight is 256 g/mol. The molecule has 0 N–H and O–H groups in total. The number of fused-ring (bicyclic) bond motifs is 1. The molecule has 0 atom stereocenters. The molecule has 0 radical (unpaired) electrons. The Kier molecular flexibility index (Phi) is 2.70. The zero-order valence-electron chi connectivity index (χ0n) is 10.2. The van der Waals surface area contributed by atoms with Crippen LogP contribution in [0.2, 0.25) is 5.02 Å². The monoisotopic (exact) mass is 255 g/mol. The second-order valence-corrected chi connectivity index (χ2v) is 4.84. The minimum Gasteiger partial charge on any atom is -0.495 e. The predicted octanol–water partition coefficient (Wildman–Crippen LogP) is 2.48. The molecule has 0 unspecified atom stereocenters. The first-order chi connectivity index (χ1) is 7.86. The lowest BCUT2D eigenvalue weighted by atomic mass is 10.0. The topological polar surface area (TPSA) is 38.8 Å². The van der Waals surface area contributed by atoms with E-state index in [0.29, 0.717) is 22.2 Å². The second kappa shape index (κ2) is 3.81. The fourth-order valence-electron chi connectivity index (χ4n) is 1.86. The summed E-state index contributed by atoms with van der Waals surface area (Å²) in [5, 5.41) is 0.453. The van der Waals surface area contributed by atoms with E-state index in [4.69, 9.17) is 21.1 Å². The molecule has 0 spiro atoms. The molecule has 5 heteroatoms. The Morgan fingerprint density at radius 2 is 2.06 bits per heavy atom. The van der Waals surface area contributed by atoms with Gasteiger partial charge in [0.05, 0.1) is 17.8 Å². The highest BCUT2D eigenvalue weighted by Crippen LogP contribution is 2.42. The number of methoxy groups -OCH3 is 1. The fourth-order valence-corrected chi connectivity index (χ4v) is 2.09. The van der Waals surface area contributed by atoms with E-state index in [-0.39, 0.29) is 5.91 Å². The maximum Gasteiger partial charge on any atom is 0.270 e. The Hall–Kier alpha value is -1.42. The molecule has 1 heterocycles. The third kappa shape index (κ3) is 1.82. The normalized spacial score (nSPS) is 17.5. The van der Waals surface area contributed by atoms with Crippen molar-refractivity contribution >= 4 is 23.2 Å². The summed E-state index contributed by atoms with van der Waals surface area (Å²) in [7, 11) is 3.24. The van der Waals surface area contributed by atoms with Crippen LogP contribution in [0.25, 0.3) is 0 Å². The number of rotatable bonds is 1. The molecule has 0 saturated heterocycles. The number of hydrogen-bond acceptors (Lipinski definition) is 3. The molecule has 0 saturated carbocycles. The molecular formula is C12H14ClNO3. The quantitative estimate of drug-likeness (QED) is 0.774. The number of likely N-dealkylation sites (N-methyl/N-ethyl adjacent to an activating group) is 1. The van der Waals surface area contributed by atoms with Crippen LogP contribution in [0.15, 0.2) is 12.1 Å². The molecule has 0 aromatic heterocycles. The summed E-state index contributed by atoms with van der Waals surface area (Å²) >= 11 is 6.03. The van der Waals surface area contributed by atoms with E-state index >= 15 is 0 Å². The van der Waals surface area contributed by atoms with Gasteiger partial charge in [0, 0.05) is 13.1 Å². The molecule has 0 fully saturated rings. The minimum absolute atomic E-state index is 0.105. The van der Waals surface area contributed by atoms with E-state index in [2.05, 4.69) is 0 Å². The molecule has 4 nitrogen and oxygen atoms in total. The molecule has 2 rings (SSSR count). The SMILES string of the molecule is COc1cc2c(cc1Cl)N(C)C(=O)C(C)(C)O2. The summed E-state index contributed by atoms with van der Waals surface area (Å²) in [6, 6.07) is 3.37. The number of carbonyl (C=O) groups is 1. The lowest BCUT2D eigenvalue weighted by Gasteiger charge is -2.37. The van der Waals surface area contributed by atoms with Crippen molar-refractivity contribution in [1.82, 2.24) is 0 Å². The van der Waals surface area contributed by atoms with E-state index < -0.39 is 5.60 Å². The summed E-state index contributed by atoms with van der Waals surface area (Å²) < 4.78 is 10.8. The second-order valence-electron chi connectivity index (χ2n) is 4.43. The zero-order valence-corrected chi connectivity index (χ0v) is 11.0. The van der Waals surface area contributed by atoms with Crippen LogP contribution in [0.4, 0.5) is 5.69 Å². The van der Waals surface area contributed by atoms with Crippen LogP contribution in [-0.4, -0.2) is 25.7 Å². The molecule has 1 aromatic rings. The number of anilines is 1. The minimum atomic E-state index is -0.874. The smallest absolute Gasteiger partial charge is 0.270 e. The lowest BCUT2D eigenvalue weighted by Crippen LogP contribution is -2.50. The summed E-state index contributed by atoms with van der Waals surface area (Å²) in [5.41, 5.74) is -0.222. The van der Waals surface area contributed by atoms with E-state index in [9.17, 15) is 4.79 Å². The molecule has 0 aliphatic carbocycles. The van der Waals surface area contributed by atoms with Gasteiger partial charge in [0.25, 0.3) is 5.91 Å².